The first-order valence-electron chi connectivity index (χ1n) is 2.77. The van der Waals surface area contributed by atoms with Crippen LogP contribution in [0.25, 0.3) is 0 Å². The van der Waals surface area contributed by atoms with Gasteiger partial charge in [-0.05, 0) is 6.42 Å². The second-order valence-corrected chi connectivity index (χ2v) is 1.97. The molecule has 1 aliphatic heterocycles. The van der Waals surface area contributed by atoms with Gasteiger partial charge in [0.05, 0.1) is 12.5 Å². The zero-order valence-corrected chi connectivity index (χ0v) is 4.87. The van der Waals surface area contributed by atoms with Crippen molar-refractivity contribution < 1.29 is 19.7 Å². The molecule has 0 aromatic carbocycles. The van der Waals surface area contributed by atoms with E-state index in [9.17, 15) is 4.79 Å². The first-order chi connectivity index (χ1) is 4.34. The van der Waals surface area contributed by atoms with Crippen LogP contribution in [0.2, 0.25) is 0 Å². The molecule has 1 rings (SSSR count). The fourth-order valence-corrected chi connectivity index (χ4v) is 0.795. The van der Waals surface area contributed by atoms with Crippen molar-refractivity contribution in [2.75, 3.05) is 13.2 Å². The maximum absolute atomic E-state index is 10.5. The average molecular weight is 132 g/mol. The second-order valence-electron chi connectivity index (χ2n) is 1.97. The SMILES string of the molecule is O=C(OO)C1CCOC1. The number of rotatable bonds is 1. The lowest BCUT2D eigenvalue weighted by atomic mass is 10.1. The summed E-state index contributed by atoms with van der Waals surface area (Å²) in [6, 6.07) is 0. The number of carbonyl (C=O) groups is 1. The smallest absolute Gasteiger partial charge is 0.347 e. The summed E-state index contributed by atoms with van der Waals surface area (Å²) in [4.78, 5) is 14.0. The van der Waals surface area contributed by atoms with Crippen molar-refractivity contribution in [1.29, 1.82) is 0 Å². The predicted octanol–water partition coefficient (Wildman–Crippen LogP) is 0.0391. The Morgan fingerprint density at radius 1 is 1.78 bits per heavy atom. The van der Waals surface area contributed by atoms with E-state index in [1.165, 1.54) is 0 Å². The van der Waals surface area contributed by atoms with Crippen molar-refractivity contribution in [3.05, 3.63) is 0 Å². The Hall–Kier alpha value is -0.610. The second kappa shape index (κ2) is 2.80. The molecule has 52 valence electrons. The Morgan fingerprint density at radius 3 is 3.00 bits per heavy atom. The van der Waals surface area contributed by atoms with Crippen molar-refractivity contribution in [2.45, 2.75) is 6.42 Å². The fourth-order valence-electron chi connectivity index (χ4n) is 0.795. The van der Waals surface area contributed by atoms with Crippen molar-refractivity contribution in [3.63, 3.8) is 0 Å². The van der Waals surface area contributed by atoms with Crippen molar-refractivity contribution >= 4 is 5.97 Å². The highest BCUT2D eigenvalue weighted by Crippen LogP contribution is 2.12. The zero-order valence-electron chi connectivity index (χ0n) is 4.87. The maximum atomic E-state index is 10.5. The van der Waals surface area contributed by atoms with Gasteiger partial charge in [-0.3, -0.25) is 0 Å². The van der Waals surface area contributed by atoms with Gasteiger partial charge in [-0.2, -0.15) is 5.26 Å². The van der Waals surface area contributed by atoms with Gasteiger partial charge in [-0.25, -0.2) is 4.79 Å². The van der Waals surface area contributed by atoms with E-state index in [4.69, 9.17) is 9.99 Å². The molecule has 1 fully saturated rings. The molecule has 0 aromatic heterocycles. The Labute approximate surface area is 52.3 Å². The highest BCUT2D eigenvalue weighted by Gasteiger charge is 2.24. The standard InChI is InChI=1S/C5H8O4/c6-5(9-7)4-1-2-8-3-4/h4,7H,1-3H2. The largest absolute Gasteiger partial charge is 0.381 e. The molecule has 1 N–H and O–H groups in total. The molecule has 4 heteroatoms. The minimum atomic E-state index is -0.590. The summed E-state index contributed by atoms with van der Waals surface area (Å²) < 4.78 is 4.87. The van der Waals surface area contributed by atoms with Gasteiger partial charge in [-0.1, -0.05) is 0 Å². The summed E-state index contributed by atoms with van der Waals surface area (Å²) in [5, 5.41) is 7.89. The summed E-state index contributed by atoms with van der Waals surface area (Å²) in [6.07, 6.45) is 0.652. The van der Waals surface area contributed by atoms with Crippen LogP contribution >= 0.6 is 0 Å². The van der Waals surface area contributed by atoms with Crippen LogP contribution in [-0.4, -0.2) is 24.4 Å². The average Bonchev–Trinajstić information content (AvgIpc) is 2.37. The van der Waals surface area contributed by atoms with Crippen LogP contribution in [0.15, 0.2) is 0 Å². The van der Waals surface area contributed by atoms with Crippen molar-refractivity contribution in [3.8, 4) is 0 Å². The van der Waals surface area contributed by atoms with Gasteiger partial charge >= 0.3 is 5.97 Å². The number of hydrogen-bond acceptors (Lipinski definition) is 4. The van der Waals surface area contributed by atoms with Crippen LogP contribution in [0, 0.1) is 5.92 Å². The molecule has 0 radical (unpaired) electrons. The monoisotopic (exact) mass is 132 g/mol. The van der Waals surface area contributed by atoms with Crippen LogP contribution < -0.4 is 0 Å². The quantitative estimate of drug-likeness (QED) is 0.404. The number of carbonyl (C=O) groups excluding carboxylic acids is 1. The lowest BCUT2D eigenvalue weighted by Crippen LogP contribution is -2.15. The van der Waals surface area contributed by atoms with Crippen LogP contribution in [0.3, 0.4) is 0 Å². The number of hydrogen-bond donors (Lipinski definition) is 1. The Bertz CT molecular complexity index is 106. The van der Waals surface area contributed by atoms with Gasteiger partial charge in [0.2, 0.25) is 0 Å². The lowest BCUT2D eigenvalue weighted by molar-refractivity contribution is -0.238. The predicted molar refractivity (Wildman–Crippen MR) is 27.6 cm³/mol. The molecule has 4 nitrogen and oxygen atoms in total. The van der Waals surface area contributed by atoms with E-state index in [0.29, 0.717) is 19.6 Å². The lowest BCUT2D eigenvalue weighted by Gasteiger charge is -1.99. The van der Waals surface area contributed by atoms with E-state index in [2.05, 4.69) is 4.89 Å². The van der Waals surface area contributed by atoms with Gasteiger partial charge in [-0.15, -0.1) is 0 Å². The summed E-state index contributed by atoms with van der Waals surface area (Å²) >= 11 is 0. The van der Waals surface area contributed by atoms with Crippen LogP contribution in [0.4, 0.5) is 0 Å². The third kappa shape index (κ3) is 1.40. The molecule has 9 heavy (non-hydrogen) atoms. The minimum Gasteiger partial charge on any atom is -0.381 e. The molecule has 1 unspecified atom stereocenters. The van der Waals surface area contributed by atoms with E-state index < -0.39 is 5.97 Å². The number of ether oxygens (including phenoxy) is 1. The minimum absolute atomic E-state index is 0.255. The zero-order chi connectivity index (χ0) is 6.69. The van der Waals surface area contributed by atoms with Crippen molar-refractivity contribution in [2.24, 2.45) is 5.92 Å². The van der Waals surface area contributed by atoms with E-state index in [1.54, 1.807) is 0 Å². The van der Waals surface area contributed by atoms with E-state index in [1.807, 2.05) is 0 Å². The first-order valence-corrected chi connectivity index (χ1v) is 2.77. The summed E-state index contributed by atoms with van der Waals surface area (Å²) in [5.41, 5.74) is 0. The molecule has 1 heterocycles. The van der Waals surface area contributed by atoms with E-state index >= 15 is 0 Å². The molecule has 1 aliphatic rings. The molecular formula is C5H8O4. The van der Waals surface area contributed by atoms with Gasteiger partial charge in [0.15, 0.2) is 0 Å². The highest BCUT2D eigenvalue weighted by molar-refractivity contribution is 5.72. The fraction of sp³-hybridized carbons (Fsp3) is 0.800. The van der Waals surface area contributed by atoms with Gasteiger partial charge < -0.3 is 9.62 Å². The van der Waals surface area contributed by atoms with Gasteiger partial charge in [0.25, 0.3) is 0 Å². The van der Waals surface area contributed by atoms with E-state index in [0.717, 1.165) is 0 Å². The molecule has 1 atom stereocenters. The summed E-state index contributed by atoms with van der Waals surface area (Å²) in [6.45, 7) is 0.958. The Kier molecular flexibility index (Phi) is 2.02. The molecule has 0 saturated carbocycles. The summed E-state index contributed by atoms with van der Waals surface area (Å²) in [7, 11) is 0. The molecule has 0 aliphatic carbocycles. The molecule has 1 saturated heterocycles. The first kappa shape index (κ1) is 6.51. The van der Waals surface area contributed by atoms with Crippen LogP contribution in [0.5, 0.6) is 0 Å². The molecule has 0 bridgehead atoms. The van der Waals surface area contributed by atoms with Gasteiger partial charge in [0.1, 0.15) is 0 Å². The normalized spacial score (nSPS) is 26.1. The maximum Gasteiger partial charge on any atom is 0.347 e. The topological polar surface area (TPSA) is 55.8 Å². The third-order valence-electron chi connectivity index (χ3n) is 1.35. The summed E-state index contributed by atoms with van der Waals surface area (Å²) in [5.74, 6) is -0.845. The van der Waals surface area contributed by atoms with Crippen LogP contribution in [-0.2, 0) is 14.4 Å². The van der Waals surface area contributed by atoms with E-state index in [-0.39, 0.29) is 5.92 Å². The van der Waals surface area contributed by atoms with Gasteiger partial charge in [0, 0.05) is 6.61 Å². The highest BCUT2D eigenvalue weighted by atomic mass is 17.1. The molecule has 0 spiro atoms. The Balaban J connectivity index is 2.32. The molecule has 0 aromatic rings. The van der Waals surface area contributed by atoms with Crippen molar-refractivity contribution in [1.82, 2.24) is 0 Å². The molecular weight excluding hydrogens is 124 g/mol. The third-order valence-corrected chi connectivity index (χ3v) is 1.35. The Morgan fingerprint density at radius 2 is 2.56 bits per heavy atom. The van der Waals surface area contributed by atoms with Crippen LogP contribution in [0.1, 0.15) is 6.42 Å². The molecule has 0 amide bonds.